The number of hydrogen-bond acceptors (Lipinski definition) is 3. The van der Waals surface area contributed by atoms with Crippen LogP contribution in [-0.4, -0.2) is 17.5 Å². The van der Waals surface area contributed by atoms with Crippen LogP contribution in [0.15, 0.2) is 78.9 Å². The first-order valence-corrected chi connectivity index (χ1v) is 11.8. The molecule has 1 amide bonds. The van der Waals surface area contributed by atoms with Crippen LogP contribution in [0.3, 0.4) is 0 Å². The van der Waals surface area contributed by atoms with Gasteiger partial charge < -0.3 is 10.1 Å². The van der Waals surface area contributed by atoms with Gasteiger partial charge in [0.25, 0.3) is 5.91 Å². The summed E-state index contributed by atoms with van der Waals surface area (Å²) in [7, 11) is 0. The molecule has 4 nitrogen and oxygen atoms in total. The van der Waals surface area contributed by atoms with Gasteiger partial charge in [-0.1, -0.05) is 75.4 Å². The number of para-hydroxylation sites is 1. The van der Waals surface area contributed by atoms with Gasteiger partial charge in [0.1, 0.15) is 5.75 Å². The fraction of sp³-hybridized carbons (Fsp3) is 0.267. The average Bonchev–Trinajstić information content (AvgIpc) is 2.83. The van der Waals surface area contributed by atoms with Crippen molar-refractivity contribution < 1.29 is 9.53 Å². The molecule has 4 heteroatoms. The monoisotopic (exact) mass is 452 g/mol. The quantitative estimate of drug-likeness (QED) is 0.340. The molecule has 0 unspecified atom stereocenters. The Balaban J connectivity index is 1.66. The Morgan fingerprint density at radius 1 is 0.971 bits per heavy atom. The summed E-state index contributed by atoms with van der Waals surface area (Å²) in [6.45, 7) is 11.2. The van der Waals surface area contributed by atoms with E-state index in [9.17, 15) is 4.79 Å². The number of fused-ring (bicyclic) bond motifs is 1. The maximum atomic E-state index is 13.5. The van der Waals surface area contributed by atoms with E-state index in [1.165, 1.54) is 5.56 Å². The molecule has 0 aliphatic rings. The van der Waals surface area contributed by atoms with E-state index < -0.39 is 0 Å². The molecule has 1 atom stereocenters. The summed E-state index contributed by atoms with van der Waals surface area (Å²) in [6.07, 6.45) is 0. The van der Waals surface area contributed by atoms with Gasteiger partial charge in [-0.3, -0.25) is 4.79 Å². The van der Waals surface area contributed by atoms with Gasteiger partial charge in [0.15, 0.2) is 0 Å². The van der Waals surface area contributed by atoms with Crippen LogP contribution in [-0.2, 0) is 5.41 Å². The summed E-state index contributed by atoms with van der Waals surface area (Å²) in [5, 5.41) is 4.02. The molecule has 0 saturated carbocycles. The average molecular weight is 453 g/mol. The number of carbonyl (C=O) groups is 1. The highest BCUT2D eigenvalue weighted by atomic mass is 16.5. The lowest BCUT2D eigenvalue weighted by Crippen LogP contribution is -2.27. The number of nitrogens with one attached hydrogen (secondary N) is 1. The van der Waals surface area contributed by atoms with Crippen molar-refractivity contribution >= 4 is 16.8 Å². The molecule has 0 saturated heterocycles. The van der Waals surface area contributed by atoms with Crippen LogP contribution in [0, 0.1) is 0 Å². The van der Waals surface area contributed by atoms with Crippen molar-refractivity contribution in [2.24, 2.45) is 0 Å². The molecular formula is C30H32N2O2. The van der Waals surface area contributed by atoms with Gasteiger partial charge in [-0.2, -0.15) is 0 Å². The second-order valence-corrected chi connectivity index (χ2v) is 9.60. The third kappa shape index (κ3) is 5.12. The highest BCUT2D eigenvalue weighted by Gasteiger charge is 2.18. The van der Waals surface area contributed by atoms with Crippen molar-refractivity contribution in [2.45, 2.75) is 46.1 Å². The Bertz CT molecular complexity index is 1300. The fourth-order valence-electron chi connectivity index (χ4n) is 4.05. The van der Waals surface area contributed by atoms with Crippen molar-refractivity contribution in [2.75, 3.05) is 6.61 Å². The zero-order valence-corrected chi connectivity index (χ0v) is 20.6. The number of benzene rings is 3. The molecule has 0 radical (unpaired) electrons. The first kappa shape index (κ1) is 23.5. The molecule has 1 N–H and O–H groups in total. The van der Waals surface area contributed by atoms with Crippen LogP contribution < -0.4 is 10.1 Å². The van der Waals surface area contributed by atoms with Gasteiger partial charge in [-0.05, 0) is 54.7 Å². The van der Waals surface area contributed by atoms with Crippen LogP contribution in [0.2, 0.25) is 0 Å². The number of pyridine rings is 1. The van der Waals surface area contributed by atoms with E-state index in [1.54, 1.807) is 0 Å². The Kier molecular flexibility index (Phi) is 6.69. The van der Waals surface area contributed by atoms with Crippen molar-refractivity contribution in [3.05, 3.63) is 95.6 Å². The van der Waals surface area contributed by atoms with Crippen molar-refractivity contribution in [3.63, 3.8) is 0 Å². The van der Waals surface area contributed by atoms with Crippen LogP contribution in [0.25, 0.3) is 22.2 Å². The summed E-state index contributed by atoms with van der Waals surface area (Å²) in [5.74, 6) is 0.668. The molecular weight excluding hydrogens is 420 g/mol. The van der Waals surface area contributed by atoms with E-state index in [-0.39, 0.29) is 17.4 Å². The lowest BCUT2D eigenvalue weighted by Gasteiger charge is -2.21. The fourth-order valence-corrected chi connectivity index (χ4v) is 4.05. The zero-order valence-electron chi connectivity index (χ0n) is 20.6. The summed E-state index contributed by atoms with van der Waals surface area (Å²) >= 11 is 0. The Labute approximate surface area is 202 Å². The minimum Gasteiger partial charge on any atom is -0.494 e. The van der Waals surface area contributed by atoms with Gasteiger partial charge in [0.05, 0.1) is 29.4 Å². The highest BCUT2D eigenvalue weighted by molar-refractivity contribution is 6.07. The molecule has 4 rings (SSSR count). The first-order valence-electron chi connectivity index (χ1n) is 11.8. The molecule has 0 aliphatic heterocycles. The van der Waals surface area contributed by atoms with Crippen molar-refractivity contribution in [3.8, 4) is 17.0 Å². The third-order valence-corrected chi connectivity index (χ3v) is 6.03. The largest absolute Gasteiger partial charge is 0.494 e. The van der Waals surface area contributed by atoms with Crippen LogP contribution in [0.1, 0.15) is 62.1 Å². The second kappa shape index (κ2) is 9.68. The summed E-state index contributed by atoms with van der Waals surface area (Å²) in [6, 6.07) is 25.8. The van der Waals surface area contributed by atoms with Gasteiger partial charge in [-0.15, -0.1) is 0 Å². The number of aromatic nitrogens is 1. The Morgan fingerprint density at radius 2 is 1.71 bits per heavy atom. The molecule has 1 aromatic heterocycles. The number of ether oxygens (including phenoxy) is 1. The predicted octanol–water partition coefficient (Wildman–Crippen LogP) is 7.09. The minimum atomic E-state index is -0.127. The Morgan fingerprint density at radius 3 is 2.41 bits per heavy atom. The SMILES string of the molecule is CCOc1cccc(-c2cc(C(=O)N[C@H](C)c3ccc(C(C)(C)C)cc3)c3ccccc3n2)c1. The number of hydrogen-bond donors (Lipinski definition) is 1. The highest BCUT2D eigenvalue weighted by Crippen LogP contribution is 2.28. The maximum absolute atomic E-state index is 13.5. The van der Waals surface area contributed by atoms with Gasteiger partial charge in [0.2, 0.25) is 0 Å². The predicted molar refractivity (Wildman–Crippen MR) is 139 cm³/mol. The molecule has 0 spiro atoms. The van der Waals surface area contributed by atoms with Gasteiger partial charge >= 0.3 is 0 Å². The number of rotatable bonds is 6. The minimum absolute atomic E-state index is 0.0941. The number of amides is 1. The lowest BCUT2D eigenvalue weighted by atomic mass is 9.86. The smallest absolute Gasteiger partial charge is 0.252 e. The lowest BCUT2D eigenvalue weighted by molar-refractivity contribution is 0.0941. The van der Waals surface area contributed by atoms with Gasteiger partial charge in [0, 0.05) is 10.9 Å². The molecule has 34 heavy (non-hydrogen) atoms. The van der Waals surface area contributed by atoms with Crippen LogP contribution in [0.5, 0.6) is 5.75 Å². The number of carbonyl (C=O) groups excluding carboxylic acids is 1. The molecule has 174 valence electrons. The van der Waals surface area contributed by atoms with E-state index in [0.717, 1.165) is 33.5 Å². The van der Waals surface area contributed by atoms with E-state index in [4.69, 9.17) is 9.72 Å². The number of nitrogens with zero attached hydrogens (tertiary/aromatic N) is 1. The van der Waals surface area contributed by atoms with Crippen molar-refractivity contribution in [1.82, 2.24) is 10.3 Å². The van der Waals surface area contributed by atoms with Crippen molar-refractivity contribution in [1.29, 1.82) is 0 Å². The molecule has 4 aromatic rings. The summed E-state index contributed by atoms with van der Waals surface area (Å²) < 4.78 is 5.66. The molecule has 0 fully saturated rings. The molecule has 0 aliphatic carbocycles. The molecule has 1 heterocycles. The maximum Gasteiger partial charge on any atom is 0.252 e. The summed E-state index contributed by atoms with van der Waals surface area (Å²) in [5.41, 5.74) is 5.49. The van der Waals surface area contributed by atoms with Crippen LogP contribution >= 0.6 is 0 Å². The normalized spacial score (nSPS) is 12.4. The molecule has 3 aromatic carbocycles. The third-order valence-electron chi connectivity index (χ3n) is 6.03. The zero-order chi connectivity index (χ0) is 24.3. The second-order valence-electron chi connectivity index (χ2n) is 9.60. The van der Waals surface area contributed by atoms with E-state index in [1.807, 2.05) is 68.4 Å². The first-order chi connectivity index (χ1) is 16.3. The molecule has 0 bridgehead atoms. The standard InChI is InChI=1S/C30H32N2O2/c1-6-34-24-11-9-10-22(18-24)28-19-26(25-12-7-8-13-27(25)32-28)29(33)31-20(2)21-14-16-23(17-15-21)30(3,4)5/h7-20H,6H2,1-5H3,(H,31,33)/t20-/m1/s1. The Hall–Kier alpha value is -3.66. The van der Waals surface area contributed by atoms with Gasteiger partial charge in [-0.25, -0.2) is 4.98 Å². The van der Waals surface area contributed by atoms with E-state index in [2.05, 4.69) is 50.4 Å². The van der Waals surface area contributed by atoms with E-state index >= 15 is 0 Å². The topological polar surface area (TPSA) is 51.2 Å². The van der Waals surface area contributed by atoms with Crippen LogP contribution in [0.4, 0.5) is 0 Å². The van der Waals surface area contributed by atoms with E-state index in [0.29, 0.717) is 12.2 Å². The summed E-state index contributed by atoms with van der Waals surface area (Å²) in [4.78, 5) is 18.3.